The maximum absolute atomic E-state index is 13.5. The second kappa shape index (κ2) is 6.67. The second-order valence-corrected chi connectivity index (χ2v) is 5.05. The van der Waals surface area contributed by atoms with Crippen molar-refractivity contribution in [3.8, 4) is 11.5 Å². The van der Waals surface area contributed by atoms with E-state index in [0.717, 1.165) is 6.07 Å². The molecule has 0 amide bonds. The molecule has 0 heterocycles. The molecule has 0 bridgehead atoms. The Bertz CT molecular complexity index is 674. The fourth-order valence-electron chi connectivity index (χ4n) is 1.71. The number of carbonyl (C=O) groups excluding carboxylic acids is 1. The van der Waals surface area contributed by atoms with Crippen LogP contribution >= 0.6 is 15.9 Å². The van der Waals surface area contributed by atoms with Crippen molar-refractivity contribution < 1.29 is 23.0 Å². The van der Waals surface area contributed by atoms with Crippen LogP contribution in [-0.4, -0.2) is 19.5 Å². The molecule has 110 valence electrons. The van der Waals surface area contributed by atoms with E-state index in [1.54, 1.807) is 0 Å². The average molecular weight is 357 g/mol. The van der Waals surface area contributed by atoms with E-state index in [9.17, 15) is 13.6 Å². The third-order valence-electron chi connectivity index (χ3n) is 2.71. The van der Waals surface area contributed by atoms with Crippen LogP contribution < -0.4 is 9.47 Å². The predicted octanol–water partition coefficient (Wildman–Crippen LogP) is 4.00. The minimum absolute atomic E-state index is 0.0490. The Morgan fingerprint density at radius 3 is 2.62 bits per heavy atom. The molecule has 0 fully saturated rings. The molecule has 2 aromatic carbocycles. The Morgan fingerprint density at radius 1 is 1.14 bits per heavy atom. The Balaban J connectivity index is 2.15. The van der Waals surface area contributed by atoms with Crippen LogP contribution in [0.1, 0.15) is 10.4 Å². The molecule has 6 heteroatoms. The van der Waals surface area contributed by atoms with Gasteiger partial charge >= 0.3 is 0 Å². The number of ketones is 1. The summed E-state index contributed by atoms with van der Waals surface area (Å²) in [7, 11) is 1.37. The number of carbonyl (C=O) groups is 1. The molecule has 0 aromatic heterocycles. The number of halogens is 3. The summed E-state index contributed by atoms with van der Waals surface area (Å²) in [6.07, 6.45) is 0. The van der Waals surface area contributed by atoms with Gasteiger partial charge in [-0.1, -0.05) is 15.9 Å². The standard InChI is InChI=1S/C15H11BrF2O3/c1-20-14-5-3-10(17)7-11(14)13(19)8-21-15-6-9(16)2-4-12(15)18/h2-7H,8H2,1H3. The predicted molar refractivity (Wildman–Crippen MR) is 76.9 cm³/mol. The highest BCUT2D eigenvalue weighted by atomic mass is 79.9. The second-order valence-electron chi connectivity index (χ2n) is 4.13. The lowest BCUT2D eigenvalue weighted by molar-refractivity contribution is 0.0915. The highest BCUT2D eigenvalue weighted by Gasteiger charge is 2.15. The molecule has 0 spiro atoms. The van der Waals surface area contributed by atoms with E-state index in [-0.39, 0.29) is 17.1 Å². The molecule has 0 atom stereocenters. The third-order valence-corrected chi connectivity index (χ3v) is 3.21. The summed E-state index contributed by atoms with van der Waals surface area (Å²) in [6.45, 7) is -0.423. The molecule has 0 aliphatic carbocycles. The van der Waals surface area contributed by atoms with Gasteiger partial charge in [-0.05, 0) is 36.4 Å². The molecule has 0 N–H and O–H groups in total. The van der Waals surface area contributed by atoms with Crippen LogP contribution in [0.25, 0.3) is 0 Å². The van der Waals surface area contributed by atoms with Crippen molar-refractivity contribution in [1.82, 2.24) is 0 Å². The molecule has 0 aliphatic rings. The molecule has 0 unspecified atom stereocenters. The highest BCUT2D eigenvalue weighted by molar-refractivity contribution is 9.10. The maximum atomic E-state index is 13.5. The summed E-state index contributed by atoms with van der Waals surface area (Å²) < 4.78 is 37.5. The van der Waals surface area contributed by atoms with Crippen molar-refractivity contribution in [3.05, 3.63) is 58.1 Å². The molecule has 21 heavy (non-hydrogen) atoms. The van der Waals surface area contributed by atoms with Crippen LogP contribution in [0.2, 0.25) is 0 Å². The van der Waals surface area contributed by atoms with Gasteiger partial charge in [-0.15, -0.1) is 0 Å². The van der Waals surface area contributed by atoms with Gasteiger partial charge in [0.05, 0.1) is 12.7 Å². The van der Waals surface area contributed by atoms with Crippen LogP contribution in [0, 0.1) is 11.6 Å². The summed E-state index contributed by atoms with van der Waals surface area (Å²) in [5.41, 5.74) is 0.0490. The van der Waals surface area contributed by atoms with Crippen LogP contribution in [0.3, 0.4) is 0 Å². The quantitative estimate of drug-likeness (QED) is 0.759. The zero-order chi connectivity index (χ0) is 15.4. The smallest absolute Gasteiger partial charge is 0.204 e. The van der Waals surface area contributed by atoms with E-state index in [1.165, 1.54) is 37.4 Å². The normalized spacial score (nSPS) is 10.3. The van der Waals surface area contributed by atoms with Gasteiger partial charge in [0.25, 0.3) is 0 Å². The summed E-state index contributed by atoms with van der Waals surface area (Å²) >= 11 is 3.18. The van der Waals surface area contributed by atoms with Crippen LogP contribution in [0.4, 0.5) is 8.78 Å². The van der Waals surface area contributed by atoms with Gasteiger partial charge in [0.1, 0.15) is 11.6 Å². The average Bonchev–Trinajstić information content (AvgIpc) is 2.47. The SMILES string of the molecule is COc1ccc(F)cc1C(=O)COc1cc(Br)ccc1F. The van der Waals surface area contributed by atoms with E-state index < -0.39 is 24.0 Å². The van der Waals surface area contributed by atoms with E-state index in [2.05, 4.69) is 15.9 Å². The van der Waals surface area contributed by atoms with Crippen molar-refractivity contribution in [2.24, 2.45) is 0 Å². The minimum Gasteiger partial charge on any atom is -0.496 e. The molecule has 0 aliphatic heterocycles. The lowest BCUT2D eigenvalue weighted by Gasteiger charge is -2.10. The Labute approximate surface area is 128 Å². The van der Waals surface area contributed by atoms with E-state index in [0.29, 0.717) is 4.47 Å². The molecular formula is C15H11BrF2O3. The van der Waals surface area contributed by atoms with Gasteiger partial charge in [-0.25, -0.2) is 8.78 Å². The molecular weight excluding hydrogens is 346 g/mol. The summed E-state index contributed by atoms with van der Waals surface area (Å²) in [4.78, 5) is 12.0. The van der Waals surface area contributed by atoms with Crippen LogP contribution in [-0.2, 0) is 0 Å². The zero-order valence-corrected chi connectivity index (χ0v) is 12.6. The molecule has 2 rings (SSSR count). The van der Waals surface area contributed by atoms with Gasteiger partial charge in [0.15, 0.2) is 18.2 Å². The van der Waals surface area contributed by atoms with Crippen molar-refractivity contribution in [2.45, 2.75) is 0 Å². The van der Waals surface area contributed by atoms with Crippen LogP contribution in [0.15, 0.2) is 40.9 Å². The molecule has 3 nitrogen and oxygen atoms in total. The van der Waals surface area contributed by atoms with Gasteiger partial charge in [-0.2, -0.15) is 0 Å². The third kappa shape index (κ3) is 3.78. The number of hydrogen-bond acceptors (Lipinski definition) is 3. The Hall–Kier alpha value is -1.95. The zero-order valence-electron chi connectivity index (χ0n) is 11.0. The number of rotatable bonds is 5. The van der Waals surface area contributed by atoms with E-state index in [4.69, 9.17) is 9.47 Å². The molecule has 2 aromatic rings. The largest absolute Gasteiger partial charge is 0.496 e. The number of methoxy groups -OCH3 is 1. The fraction of sp³-hybridized carbons (Fsp3) is 0.133. The number of ether oxygens (including phenoxy) is 2. The minimum atomic E-state index is -0.586. The Morgan fingerprint density at radius 2 is 1.90 bits per heavy atom. The van der Waals surface area contributed by atoms with Gasteiger partial charge < -0.3 is 9.47 Å². The Kier molecular flexibility index (Phi) is 4.90. The van der Waals surface area contributed by atoms with Crippen LogP contribution in [0.5, 0.6) is 11.5 Å². The fourth-order valence-corrected chi connectivity index (χ4v) is 2.05. The van der Waals surface area contributed by atoms with Crippen molar-refractivity contribution >= 4 is 21.7 Å². The summed E-state index contributed by atoms with van der Waals surface area (Å²) in [5.74, 6) is -1.48. The molecule has 0 saturated heterocycles. The van der Waals surface area contributed by atoms with Crippen molar-refractivity contribution in [3.63, 3.8) is 0 Å². The van der Waals surface area contributed by atoms with E-state index >= 15 is 0 Å². The lowest BCUT2D eigenvalue weighted by Crippen LogP contribution is -2.13. The van der Waals surface area contributed by atoms with Crippen molar-refractivity contribution in [2.75, 3.05) is 13.7 Å². The lowest BCUT2D eigenvalue weighted by atomic mass is 10.1. The van der Waals surface area contributed by atoms with Gasteiger partial charge in [0, 0.05) is 4.47 Å². The first-order chi connectivity index (χ1) is 10.0. The molecule has 0 radical (unpaired) electrons. The number of Topliss-reactive ketones (excluding diaryl/α,β-unsaturated/α-hetero) is 1. The van der Waals surface area contributed by atoms with Crippen molar-refractivity contribution in [1.29, 1.82) is 0 Å². The summed E-state index contributed by atoms with van der Waals surface area (Å²) in [5, 5.41) is 0. The number of benzene rings is 2. The topological polar surface area (TPSA) is 35.5 Å². The summed E-state index contributed by atoms with van der Waals surface area (Å²) in [6, 6.07) is 7.73. The van der Waals surface area contributed by atoms with Gasteiger partial charge in [-0.3, -0.25) is 4.79 Å². The monoisotopic (exact) mass is 356 g/mol. The first kappa shape index (κ1) is 15.4. The first-order valence-electron chi connectivity index (χ1n) is 5.96. The molecule has 0 saturated carbocycles. The van der Waals surface area contributed by atoms with E-state index in [1.807, 2.05) is 0 Å². The highest BCUT2D eigenvalue weighted by Crippen LogP contribution is 2.24. The first-order valence-corrected chi connectivity index (χ1v) is 6.75. The maximum Gasteiger partial charge on any atom is 0.204 e. The van der Waals surface area contributed by atoms with Gasteiger partial charge in [0.2, 0.25) is 5.78 Å². The number of hydrogen-bond donors (Lipinski definition) is 0.